The van der Waals surface area contributed by atoms with Gasteiger partial charge in [0.05, 0.1) is 12.0 Å². The molecule has 14 heavy (non-hydrogen) atoms. The number of piperidine rings is 1. The first kappa shape index (κ1) is 11.0. The molecule has 0 aromatic rings. The molecule has 0 aliphatic carbocycles. The molecular weight excluding hydrogens is 184 g/mol. The van der Waals surface area contributed by atoms with Gasteiger partial charge in [0, 0.05) is 6.54 Å². The van der Waals surface area contributed by atoms with Gasteiger partial charge in [0.1, 0.15) is 0 Å². The zero-order chi connectivity index (χ0) is 10.7. The van der Waals surface area contributed by atoms with Crippen LogP contribution in [0.2, 0.25) is 0 Å². The molecule has 0 aromatic heterocycles. The number of quaternary nitrogens is 1. The lowest BCUT2D eigenvalue weighted by molar-refractivity contribution is -0.400. The molecule has 5 nitrogen and oxygen atoms in total. The van der Waals surface area contributed by atoms with Crippen LogP contribution >= 0.6 is 0 Å². The molecule has 1 amide bonds. The molecule has 0 saturated carbocycles. The molecule has 2 atom stereocenters. The Morgan fingerprint density at radius 3 is 2.64 bits per heavy atom. The number of hydrogen-bond donors (Lipinski definition) is 1. The number of rotatable bonds is 2. The average molecular weight is 200 g/mol. The maximum absolute atomic E-state index is 11.6. The normalized spacial score (nSPS) is 24.4. The van der Waals surface area contributed by atoms with Crippen molar-refractivity contribution in [1.29, 1.82) is 0 Å². The number of amides is 1. The predicted octanol–water partition coefficient (Wildman–Crippen LogP) is -2.25. The second kappa shape index (κ2) is 4.41. The molecule has 80 valence electrons. The summed E-state index contributed by atoms with van der Waals surface area (Å²) in [4.78, 5) is 23.7. The third-order valence-electron chi connectivity index (χ3n) is 2.48. The Balaban J connectivity index is 2.72. The van der Waals surface area contributed by atoms with E-state index in [1.165, 1.54) is 4.90 Å². The summed E-state index contributed by atoms with van der Waals surface area (Å²) < 4.78 is 0. The zero-order valence-corrected chi connectivity index (χ0v) is 8.36. The van der Waals surface area contributed by atoms with E-state index in [1.807, 2.05) is 0 Å². The standard InChI is InChI=1S/C9H16N2O3/c1-6(10)8(12)11-5-3-2-4-7(11)9(13)14/h6-7H,2-5,10H2,1H3,(H,13,14). The topological polar surface area (TPSA) is 88.1 Å². The van der Waals surface area contributed by atoms with Crippen LogP contribution in [0.1, 0.15) is 26.2 Å². The van der Waals surface area contributed by atoms with Crippen LogP contribution in [-0.2, 0) is 9.59 Å². The summed E-state index contributed by atoms with van der Waals surface area (Å²) in [6.07, 6.45) is 2.21. The third kappa shape index (κ3) is 2.23. The number of carbonyl (C=O) groups excluding carboxylic acids is 2. The van der Waals surface area contributed by atoms with Crippen molar-refractivity contribution in [3.63, 3.8) is 0 Å². The molecule has 5 heteroatoms. The van der Waals surface area contributed by atoms with Crippen molar-refractivity contribution in [2.24, 2.45) is 0 Å². The summed E-state index contributed by atoms with van der Waals surface area (Å²) >= 11 is 0. The summed E-state index contributed by atoms with van der Waals surface area (Å²) in [6, 6.07) is -1.14. The van der Waals surface area contributed by atoms with Gasteiger partial charge in [-0.15, -0.1) is 0 Å². The Kier molecular flexibility index (Phi) is 3.46. The van der Waals surface area contributed by atoms with E-state index in [-0.39, 0.29) is 5.91 Å². The van der Waals surface area contributed by atoms with Gasteiger partial charge in [0.2, 0.25) is 0 Å². The van der Waals surface area contributed by atoms with Gasteiger partial charge >= 0.3 is 0 Å². The molecular formula is C9H16N2O3. The zero-order valence-electron chi connectivity index (χ0n) is 8.36. The van der Waals surface area contributed by atoms with Crippen LogP contribution in [0.5, 0.6) is 0 Å². The molecule has 0 aromatic carbocycles. The first-order chi connectivity index (χ1) is 6.54. The molecule has 1 aliphatic heterocycles. The Bertz CT molecular complexity index is 240. The van der Waals surface area contributed by atoms with E-state index in [0.29, 0.717) is 13.0 Å². The van der Waals surface area contributed by atoms with Crippen molar-refractivity contribution < 1.29 is 20.4 Å². The van der Waals surface area contributed by atoms with E-state index < -0.39 is 18.1 Å². The highest BCUT2D eigenvalue weighted by Gasteiger charge is 2.30. The number of carbonyl (C=O) groups is 2. The van der Waals surface area contributed by atoms with E-state index >= 15 is 0 Å². The van der Waals surface area contributed by atoms with E-state index in [1.54, 1.807) is 6.92 Å². The lowest BCUT2D eigenvalue weighted by Crippen LogP contribution is -2.68. The largest absolute Gasteiger partial charge is 0.548 e. The van der Waals surface area contributed by atoms with Crippen molar-refractivity contribution in [3.05, 3.63) is 0 Å². The molecule has 1 saturated heterocycles. The van der Waals surface area contributed by atoms with Crippen LogP contribution in [0.4, 0.5) is 0 Å². The molecule has 1 aliphatic rings. The number of carboxylic acids is 1. The number of hydrogen-bond acceptors (Lipinski definition) is 3. The Labute approximate surface area is 82.9 Å². The molecule has 1 fully saturated rings. The average Bonchev–Trinajstić information content (AvgIpc) is 2.16. The summed E-state index contributed by atoms with van der Waals surface area (Å²) in [5.74, 6) is -1.35. The highest BCUT2D eigenvalue weighted by Crippen LogP contribution is 2.16. The van der Waals surface area contributed by atoms with Gasteiger partial charge in [0.15, 0.2) is 6.04 Å². The van der Waals surface area contributed by atoms with Crippen molar-refractivity contribution in [1.82, 2.24) is 4.90 Å². The molecule has 0 bridgehead atoms. The second-order valence-electron chi connectivity index (χ2n) is 3.76. The van der Waals surface area contributed by atoms with Gasteiger partial charge < -0.3 is 20.5 Å². The first-order valence-electron chi connectivity index (χ1n) is 4.88. The minimum Gasteiger partial charge on any atom is -0.548 e. The highest BCUT2D eigenvalue weighted by molar-refractivity contribution is 5.85. The summed E-state index contributed by atoms with van der Waals surface area (Å²) in [5, 5.41) is 10.8. The van der Waals surface area contributed by atoms with Crippen molar-refractivity contribution in [2.45, 2.75) is 38.3 Å². The molecule has 0 spiro atoms. The van der Waals surface area contributed by atoms with Gasteiger partial charge in [0.25, 0.3) is 5.91 Å². The fourth-order valence-corrected chi connectivity index (χ4v) is 1.72. The quantitative estimate of drug-likeness (QED) is 0.546. The van der Waals surface area contributed by atoms with Crippen LogP contribution in [0, 0.1) is 0 Å². The van der Waals surface area contributed by atoms with Crippen molar-refractivity contribution in [2.75, 3.05) is 6.54 Å². The van der Waals surface area contributed by atoms with Crippen LogP contribution in [0.3, 0.4) is 0 Å². The number of likely N-dealkylation sites (tertiary alicyclic amines) is 1. The number of aliphatic carboxylic acids is 1. The SMILES string of the molecule is CC([NH3+])C(=O)N1CCCCC1C(=O)[O-]. The maximum Gasteiger partial charge on any atom is 0.280 e. The molecule has 1 rings (SSSR count). The van der Waals surface area contributed by atoms with Crippen molar-refractivity contribution >= 4 is 11.9 Å². The van der Waals surface area contributed by atoms with Crippen LogP contribution in [0.15, 0.2) is 0 Å². The van der Waals surface area contributed by atoms with Gasteiger partial charge in [-0.1, -0.05) is 0 Å². The van der Waals surface area contributed by atoms with Gasteiger partial charge in [-0.3, -0.25) is 4.79 Å². The predicted molar refractivity (Wildman–Crippen MR) is 46.7 cm³/mol. The van der Waals surface area contributed by atoms with Crippen molar-refractivity contribution in [3.8, 4) is 0 Å². The Morgan fingerprint density at radius 1 is 1.50 bits per heavy atom. The Hall–Kier alpha value is -1.10. The lowest BCUT2D eigenvalue weighted by atomic mass is 10.0. The van der Waals surface area contributed by atoms with E-state index in [0.717, 1.165) is 12.8 Å². The minimum absolute atomic E-state index is 0.195. The maximum atomic E-state index is 11.6. The molecule has 0 radical (unpaired) electrons. The van der Waals surface area contributed by atoms with Gasteiger partial charge in [-0.25, -0.2) is 0 Å². The summed E-state index contributed by atoms with van der Waals surface area (Å²) in [5.41, 5.74) is 3.60. The number of carboxylic acid groups (broad SMARTS) is 1. The minimum atomic E-state index is -1.15. The monoisotopic (exact) mass is 200 g/mol. The van der Waals surface area contributed by atoms with Crippen LogP contribution in [0.25, 0.3) is 0 Å². The molecule has 2 unspecified atom stereocenters. The third-order valence-corrected chi connectivity index (χ3v) is 2.48. The lowest BCUT2D eigenvalue weighted by Gasteiger charge is -2.36. The summed E-state index contributed by atoms with van der Waals surface area (Å²) in [7, 11) is 0. The van der Waals surface area contributed by atoms with Gasteiger partial charge in [-0.05, 0) is 26.2 Å². The molecule has 3 N–H and O–H groups in total. The van der Waals surface area contributed by atoms with E-state index in [4.69, 9.17) is 0 Å². The fraction of sp³-hybridized carbons (Fsp3) is 0.778. The van der Waals surface area contributed by atoms with Gasteiger partial charge in [-0.2, -0.15) is 0 Å². The summed E-state index contributed by atoms with van der Waals surface area (Å²) in [6.45, 7) is 2.18. The molecule has 1 heterocycles. The fourth-order valence-electron chi connectivity index (χ4n) is 1.72. The first-order valence-corrected chi connectivity index (χ1v) is 4.88. The highest BCUT2D eigenvalue weighted by atomic mass is 16.4. The number of nitrogens with zero attached hydrogens (tertiary/aromatic N) is 1. The second-order valence-corrected chi connectivity index (χ2v) is 3.76. The smallest absolute Gasteiger partial charge is 0.280 e. The Morgan fingerprint density at radius 2 is 2.14 bits per heavy atom. The van der Waals surface area contributed by atoms with E-state index in [2.05, 4.69) is 5.73 Å². The van der Waals surface area contributed by atoms with Crippen LogP contribution in [-0.4, -0.2) is 35.4 Å². The van der Waals surface area contributed by atoms with E-state index in [9.17, 15) is 14.7 Å². The van der Waals surface area contributed by atoms with Crippen LogP contribution < -0.4 is 10.8 Å².